The molecule has 104 valence electrons. The van der Waals surface area contributed by atoms with Crippen molar-refractivity contribution in [2.45, 2.75) is 18.9 Å². The van der Waals surface area contributed by atoms with Crippen molar-refractivity contribution in [3.63, 3.8) is 0 Å². The first-order valence-electron chi connectivity index (χ1n) is 5.69. The largest absolute Gasteiger partial charge is 0.346 e. The Morgan fingerprint density at radius 3 is 2.68 bits per heavy atom. The molecule has 19 heavy (non-hydrogen) atoms. The van der Waals surface area contributed by atoms with Crippen LogP contribution >= 0.6 is 15.9 Å². The highest BCUT2D eigenvalue weighted by Gasteiger charge is 2.39. The average molecular weight is 350 g/mol. The van der Waals surface area contributed by atoms with E-state index in [1.165, 1.54) is 12.1 Å². The lowest BCUT2D eigenvalue weighted by molar-refractivity contribution is 0.0911. The molecule has 1 aliphatic heterocycles. The fourth-order valence-corrected chi connectivity index (χ4v) is 4.55. The second-order valence-electron chi connectivity index (χ2n) is 4.98. The van der Waals surface area contributed by atoms with E-state index in [2.05, 4.69) is 21.2 Å². The van der Waals surface area contributed by atoms with Crippen molar-refractivity contribution in [3.8, 4) is 0 Å². The lowest BCUT2D eigenvalue weighted by Crippen LogP contribution is -2.47. The first kappa shape index (κ1) is 14.5. The molecule has 0 bridgehead atoms. The molecule has 0 spiro atoms. The van der Waals surface area contributed by atoms with Crippen LogP contribution in [0.15, 0.2) is 22.7 Å². The number of halogens is 2. The summed E-state index contributed by atoms with van der Waals surface area (Å²) in [4.78, 5) is 12.0. The maximum atomic E-state index is 13.6. The van der Waals surface area contributed by atoms with Crippen molar-refractivity contribution in [2.75, 3.05) is 11.5 Å². The van der Waals surface area contributed by atoms with E-state index >= 15 is 0 Å². The van der Waals surface area contributed by atoms with E-state index in [4.69, 9.17) is 0 Å². The Morgan fingerprint density at radius 2 is 2.16 bits per heavy atom. The molecule has 1 heterocycles. The molecule has 1 aliphatic rings. The van der Waals surface area contributed by atoms with Crippen molar-refractivity contribution in [2.24, 2.45) is 0 Å². The molecule has 1 aromatic rings. The summed E-state index contributed by atoms with van der Waals surface area (Å²) < 4.78 is 37.1. The number of amides is 1. The van der Waals surface area contributed by atoms with Gasteiger partial charge < -0.3 is 5.32 Å². The van der Waals surface area contributed by atoms with Crippen LogP contribution in [0.1, 0.15) is 23.7 Å². The average Bonchev–Trinajstić information content (AvgIpc) is 2.52. The molecule has 1 amide bonds. The molecule has 1 N–H and O–H groups in total. The van der Waals surface area contributed by atoms with Gasteiger partial charge in [-0.3, -0.25) is 4.79 Å². The van der Waals surface area contributed by atoms with Gasteiger partial charge in [-0.25, -0.2) is 12.8 Å². The molecular formula is C12H13BrFNO3S. The number of carbonyl (C=O) groups excluding carboxylic acids is 1. The van der Waals surface area contributed by atoms with E-state index in [0.717, 1.165) is 0 Å². The number of hydrogen-bond acceptors (Lipinski definition) is 3. The van der Waals surface area contributed by atoms with E-state index in [1.54, 1.807) is 13.0 Å². The summed E-state index contributed by atoms with van der Waals surface area (Å²) in [6.07, 6.45) is 0.346. The van der Waals surface area contributed by atoms with Crippen LogP contribution in [0.25, 0.3) is 0 Å². The first-order valence-corrected chi connectivity index (χ1v) is 8.30. The summed E-state index contributed by atoms with van der Waals surface area (Å²) in [6.45, 7) is 1.66. The Morgan fingerprint density at radius 1 is 1.47 bits per heavy atom. The number of rotatable bonds is 2. The summed E-state index contributed by atoms with van der Waals surface area (Å²) in [5.41, 5.74) is -0.913. The molecular weight excluding hydrogens is 337 g/mol. The van der Waals surface area contributed by atoms with E-state index < -0.39 is 27.1 Å². The second-order valence-corrected chi connectivity index (χ2v) is 8.08. The van der Waals surface area contributed by atoms with Gasteiger partial charge in [0.15, 0.2) is 9.84 Å². The van der Waals surface area contributed by atoms with Crippen molar-refractivity contribution < 1.29 is 17.6 Å². The second kappa shape index (κ2) is 4.86. The zero-order valence-electron chi connectivity index (χ0n) is 10.2. The highest BCUT2D eigenvalue weighted by Crippen LogP contribution is 2.24. The quantitative estimate of drug-likeness (QED) is 0.886. The third-order valence-corrected chi connectivity index (χ3v) is 5.49. The van der Waals surface area contributed by atoms with Crippen LogP contribution in [-0.4, -0.2) is 31.4 Å². The normalized spacial score (nSPS) is 25.2. The van der Waals surface area contributed by atoms with E-state index in [1.807, 2.05) is 0 Å². The van der Waals surface area contributed by atoms with E-state index in [0.29, 0.717) is 10.9 Å². The van der Waals surface area contributed by atoms with Gasteiger partial charge in [0.1, 0.15) is 5.82 Å². The van der Waals surface area contributed by atoms with Crippen LogP contribution in [0.4, 0.5) is 4.39 Å². The maximum absolute atomic E-state index is 13.6. The number of hydrogen-bond donors (Lipinski definition) is 1. The monoisotopic (exact) mass is 349 g/mol. The predicted molar refractivity (Wildman–Crippen MR) is 73.2 cm³/mol. The summed E-state index contributed by atoms with van der Waals surface area (Å²) in [5.74, 6) is -1.29. The van der Waals surface area contributed by atoms with Crippen molar-refractivity contribution in [1.82, 2.24) is 5.32 Å². The Balaban J connectivity index is 2.18. The van der Waals surface area contributed by atoms with Crippen molar-refractivity contribution in [3.05, 3.63) is 34.1 Å². The van der Waals surface area contributed by atoms with Crippen LogP contribution in [0.3, 0.4) is 0 Å². The fourth-order valence-electron chi connectivity index (χ4n) is 2.12. The molecule has 7 heteroatoms. The van der Waals surface area contributed by atoms with Gasteiger partial charge in [0, 0.05) is 4.47 Å². The zero-order valence-corrected chi connectivity index (χ0v) is 12.6. The minimum absolute atomic E-state index is 0.0482. The predicted octanol–water partition coefficient (Wildman–Crippen LogP) is 1.90. The van der Waals surface area contributed by atoms with Gasteiger partial charge in [-0.05, 0) is 31.5 Å². The third-order valence-electron chi connectivity index (χ3n) is 3.09. The standard InChI is InChI=1S/C12H13BrFNO3S/c1-12(4-5-19(17,18)7-12)15-11(16)9-3-2-8(13)6-10(9)14/h2-3,6H,4-5,7H2,1H3,(H,15,16). The van der Waals surface area contributed by atoms with Gasteiger partial charge in [0.05, 0.1) is 22.6 Å². The third kappa shape index (κ3) is 3.33. The molecule has 0 radical (unpaired) electrons. The fraction of sp³-hybridized carbons (Fsp3) is 0.417. The number of benzene rings is 1. The highest BCUT2D eigenvalue weighted by molar-refractivity contribution is 9.10. The topological polar surface area (TPSA) is 63.2 Å². The number of nitrogens with one attached hydrogen (secondary N) is 1. The molecule has 1 saturated heterocycles. The van der Waals surface area contributed by atoms with Gasteiger partial charge >= 0.3 is 0 Å². The lowest BCUT2D eigenvalue weighted by atomic mass is 10.0. The smallest absolute Gasteiger partial charge is 0.254 e. The molecule has 1 aromatic carbocycles. The van der Waals surface area contributed by atoms with Crippen LogP contribution in [0.5, 0.6) is 0 Å². The van der Waals surface area contributed by atoms with Crippen molar-refractivity contribution >= 4 is 31.7 Å². The molecule has 0 aromatic heterocycles. The SMILES string of the molecule is CC1(NC(=O)c2ccc(Br)cc2F)CCS(=O)(=O)C1. The van der Waals surface area contributed by atoms with Gasteiger partial charge in [-0.2, -0.15) is 0 Å². The van der Waals surface area contributed by atoms with Crippen molar-refractivity contribution in [1.29, 1.82) is 0 Å². The number of sulfone groups is 1. The number of carbonyl (C=O) groups is 1. The molecule has 1 unspecified atom stereocenters. The van der Waals surface area contributed by atoms with Gasteiger partial charge in [-0.1, -0.05) is 15.9 Å². The summed E-state index contributed by atoms with van der Waals surface area (Å²) in [5, 5.41) is 2.61. The van der Waals surface area contributed by atoms with Crippen LogP contribution in [0.2, 0.25) is 0 Å². The Labute approximate surface area is 119 Å². The van der Waals surface area contributed by atoms with Gasteiger partial charge in [0.25, 0.3) is 5.91 Å². The summed E-state index contributed by atoms with van der Waals surface area (Å²) in [6, 6.07) is 4.12. The minimum atomic E-state index is -3.11. The zero-order chi connectivity index (χ0) is 14.3. The lowest BCUT2D eigenvalue weighted by Gasteiger charge is -2.24. The molecule has 2 rings (SSSR count). The summed E-state index contributed by atoms with van der Waals surface area (Å²) >= 11 is 3.11. The van der Waals surface area contributed by atoms with Crippen LogP contribution < -0.4 is 5.32 Å². The van der Waals surface area contributed by atoms with Gasteiger partial charge in [0.2, 0.25) is 0 Å². The van der Waals surface area contributed by atoms with Crippen LogP contribution in [0, 0.1) is 5.82 Å². The van der Waals surface area contributed by atoms with E-state index in [-0.39, 0.29) is 17.1 Å². The highest BCUT2D eigenvalue weighted by atomic mass is 79.9. The molecule has 0 saturated carbocycles. The minimum Gasteiger partial charge on any atom is -0.346 e. The van der Waals surface area contributed by atoms with Crippen LogP contribution in [-0.2, 0) is 9.84 Å². The first-order chi connectivity index (χ1) is 8.71. The molecule has 0 aliphatic carbocycles. The Hall–Kier alpha value is -0.950. The maximum Gasteiger partial charge on any atom is 0.254 e. The Kier molecular flexibility index (Phi) is 3.70. The van der Waals surface area contributed by atoms with Gasteiger partial charge in [-0.15, -0.1) is 0 Å². The molecule has 1 fully saturated rings. The summed E-state index contributed by atoms with van der Waals surface area (Å²) in [7, 11) is -3.11. The van der Waals surface area contributed by atoms with E-state index in [9.17, 15) is 17.6 Å². The molecule has 1 atom stereocenters. The molecule has 4 nitrogen and oxygen atoms in total. The Bertz CT molecular complexity index is 632.